The Bertz CT molecular complexity index is 552. The minimum absolute atomic E-state index is 0.359. The van der Waals surface area contributed by atoms with E-state index < -0.39 is 11.6 Å². The maximum atomic E-state index is 13.1. The van der Waals surface area contributed by atoms with E-state index in [1.807, 2.05) is 31.2 Å². The lowest BCUT2D eigenvalue weighted by atomic mass is 10.1. The summed E-state index contributed by atoms with van der Waals surface area (Å²) in [5, 5.41) is 3.18. The number of rotatable bonds is 6. The molecular weight excluding hydrogens is 260 g/mol. The zero-order chi connectivity index (χ0) is 14.4. The highest BCUT2D eigenvalue weighted by atomic mass is 19.1. The van der Waals surface area contributed by atoms with Gasteiger partial charge >= 0.3 is 0 Å². The fourth-order valence-electron chi connectivity index (χ4n) is 1.94. The summed E-state index contributed by atoms with van der Waals surface area (Å²) in [6.45, 7) is 3.45. The number of halogens is 2. The van der Waals surface area contributed by atoms with Gasteiger partial charge in [0, 0.05) is 30.5 Å². The van der Waals surface area contributed by atoms with Gasteiger partial charge in [-0.1, -0.05) is 18.2 Å². The van der Waals surface area contributed by atoms with Crippen LogP contribution in [0.15, 0.2) is 42.5 Å². The van der Waals surface area contributed by atoms with E-state index in [1.54, 1.807) is 0 Å². The summed E-state index contributed by atoms with van der Waals surface area (Å²) in [6, 6.07) is 11.2. The van der Waals surface area contributed by atoms with E-state index in [4.69, 9.17) is 4.74 Å². The van der Waals surface area contributed by atoms with Gasteiger partial charge in [0.2, 0.25) is 0 Å². The minimum atomic E-state index is -0.565. The molecule has 106 valence electrons. The van der Waals surface area contributed by atoms with Gasteiger partial charge in [0.1, 0.15) is 11.6 Å². The standard InChI is InChI=1S/C16H17F2NO/c1-2-20-11-13-5-3-4-6-16(13)19-10-12-7-14(17)9-15(18)8-12/h3-9,19H,2,10-11H2,1H3. The van der Waals surface area contributed by atoms with Gasteiger partial charge in [-0.2, -0.15) is 0 Å². The minimum Gasteiger partial charge on any atom is -0.381 e. The van der Waals surface area contributed by atoms with E-state index >= 15 is 0 Å². The second-order valence-corrected chi connectivity index (χ2v) is 4.43. The summed E-state index contributed by atoms with van der Waals surface area (Å²) >= 11 is 0. The molecule has 20 heavy (non-hydrogen) atoms. The first-order valence-electron chi connectivity index (χ1n) is 6.53. The summed E-state index contributed by atoms with van der Waals surface area (Å²) in [6.07, 6.45) is 0. The average Bonchev–Trinajstić information content (AvgIpc) is 2.43. The van der Waals surface area contributed by atoms with Crippen molar-refractivity contribution >= 4 is 5.69 Å². The van der Waals surface area contributed by atoms with Gasteiger partial charge < -0.3 is 10.1 Å². The molecule has 0 aliphatic rings. The number of hydrogen-bond donors (Lipinski definition) is 1. The van der Waals surface area contributed by atoms with Crippen molar-refractivity contribution in [2.24, 2.45) is 0 Å². The molecule has 0 aromatic heterocycles. The normalized spacial score (nSPS) is 10.6. The second-order valence-electron chi connectivity index (χ2n) is 4.43. The molecule has 2 aromatic rings. The van der Waals surface area contributed by atoms with Gasteiger partial charge in [0.15, 0.2) is 0 Å². The predicted molar refractivity (Wildman–Crippen MR) is 75.5 cm³/mol. The molecule has 0 aliphatic heterocycles. The van der Waals surface area contributed by atoms with Crippen LogP contribution in [0.25, 0.3) is 0 Å². The van der Waals surface area contributed by atoms with E-state index in [2.05, 4.69) is 5.32 Å². The van der Waals surface area contributed by atoms with Crippen LogP contribution < -0.4 is 5.32 Å². The second kappa shape index (κ2) is 7.01. The van der Waals surface area contributed by atoms with Crippen LogP contribution in [-0.2, 0) is 17.9 Å². The summed E-state index contributed by atoms with van der Waals surface area (Å²) < 4.78 is 31.6. The molecule has 0 heterocycles. The molecule has 4 heteroatoms. The molecule has 0 atom stereocenters. The van der Waals surface area contributed by atoms with Crippen molar-refractivity contribution in [1.29, 1.82) is 0 Å². The third-order valence-electron chi connectivity index (χ3n) is 2.88. The zero-order valence-corrected chi connectivity index (χ0v) is 11.3. The highest BCUT2D eigenvalue weighted by molar-refractivity contribution is 5.51. The SMILES string of the molecule is CCOCc1ccccc1NCc1cc(F)cc(F)c1. The lowest BCUT2D eigenvalue weighted by molar-refractivity contribution is 0.134. The van der Waals surface area contributed by atoms with Crippen molar-refractivity contribution in [2.45, 2.75) is 20.1 Å². The number of ether oxygens (including phenoxy) is 1. The van der Waals surface area contributed by atoms with E-state index in [0.29, 0.717) is 25.3 Å². The van der Waals surface area contributed by atoms with Crippen LogP contribution in [-0.4, -0.2) is 6.61 Å². The first-order chi connectivity index (χ1) is 9.69. The molecule has 2 nitrogen and oxygen atoms in total. The predicted octanol–water partition coefficient (Wildman–Crippen LogP) is 4.11. The molecule has 0 fully saturated rings. The molecule has 0 unspecified atom stereocenters. The van der Waals surface area contributed by atoms with Crippen molar-refractivity contribution < 1.29 is 13.5 Å². The van der Waals surface area contributed by atoms with Crippen LogP contribution in [0.1, 0.15) is 18.1 Å². The van der Waals surface area contributed by atoms with Crippen LogP contribution in [0, 0.1) is 11.6 Å². The van der Waals surface area contributed by atoms with Crippen LogP contribution in [0.2, 0.25) is 0 Å². The number of hydrogen-bond acceptors (Lipinski definition) is 2. The molecule has 0 spiro atoms. The molecule has 0 bridgehead atoms. The van der Waals surface area contributed by atoms with E-state index in [1.165, 1.54) is 12.1 Å². The van der Waals surface area contributed by atoms with Gasteiger partial charge in [-0.05, 0) is 30.7 Å². The van der Waals surface area contributed by atoms with E-state index in [0.717, 1.165) is 17.3 Å². The molecule has 0 aliphatic carbocycles. The zero-order valence-electron chi connectivity index (χ0n) is 11.3. The maximum absolute atomic E-state index is 13.1. The van der Waals surface area contributed by atoms with Gasteiger partial charge in [-0.3, -0.25) is 0 Å². The molecule has 2 aromatic carbocycles. The summed E-state index contributed by atoms with van der Waals surface area (Å²) in [5.41, 5.74) is 2.49. The molecule has 1 N–H and O–H groups in total. The van der Waals surface area contributed by atoms with Gasteiger partial charge in [-0.25, -0.2) is 8.78 Å². The third-order valence-corrected chi connectivity index (χ3v) is 2.88. The summed E-state index contributed by atoms with van der Waals surface area (Å²) in [5.74, 6) is -1.13. The molecule has 0 amide bonds. The Morgan fingerprint density at radius 2 is 1.75 bits per heavy atom. The Labute approximate surface area is 117 Å². The fraction of sp³-hybridized carbons (Fsp3) is 0.250. The number of nitrogens with one attached hydrogen (secondary N) is 1. The largest absolute Gasteiger partial charge is 0.381 e. The van der Waals surface area contributed by atoms with Crippen molar-refractivity contribution in [3.05, 3.63) is 65.2 Å². The Balaban J connectivity index is 2.06. The van der Waals surface area contributed by atoms with Gasteiger partial charge in [0.25, 0.3) is 0 Å². The lowest BCUT2D eigenvalue weighted by Crippen LogP contribution is -2.04. The molecule has 2 rings (SSSR count). The third kappa shape index (κ3) is 4.03. The first-order valence-corrected chi connectivity index (χ1v) is 6.53. The highest BCUT2D eigenvalue weighted by Crippen LogP contribution is 2.18. The average molecular weight is 277 g/mol. The van der Waals surface area contributed by atoms with Crippen molar-refractivity contribution in [2.75, 3.05) is 11.9 Å². The molecule has 0 saturated heterocycles. The Morgan fingerprint density at radius 1 is 1.05 bits per heavy atom. The molecule has 0 saturated carbocycles. The Morgan fingerprint density at radius 3 is 2.45 bits per heavy atom. The fourth-order valence-corrected chi connectivity index (χ4v) is 1.94. The van der Waals surface area contributed by atoms with Crippen LogP contribution in [0.4, 0.5) is 14.5 Å². The van der Waals surface area contributed by atoms with Crippen molar-refractivity contribution in [3.63, 3.8) is 0 Å². The lowest BCUT2D eigenvalue weighted by Gasteiger charge is -2.12. The van der Waals surface area contributed by atoms with Gasteiger partial charge in [-0.15, -0.1) is 0 Å². The van der Waals surface area contributed by atoms with Crippen LogP contribution >= 0.6 is 0 Å². The van der Waals surface area contributed by atoms with Crippen LogP contribution in [0.3, 0.4) is 0 Å². The highest BCUT2D eigenvalue weighted by Gasteiger charge is 2.04. The smallest absolute Gasteiger partial charge is 0.126 e. The van der Waals surface area contributed by atoms with E-state index in [9.17, 15) is 8.78 Å². The summed E-state index contributed by atoms with van der Waals surface area (Å²) in [7, 11) is 0. The number of para-hydroxylation sites is 1. The van der Waals surface area contributed by atoms with Crippen LogP contribution in [0.5, 0.6) is 0 Å². The maximum Gasteiger partial charge on any atom is 0.126 e. The quantitative estimate of drug-likeness (QED) is 0.857. The number of benzene rings is 2. The Hall–Kier alpha value is -1.94. The first kappa shape index (κ1) is 14.5. The molecular formula is C16H17F2NO. The van der Waals surface area contributed by atoms with Gasteiger partial charge in [0.05, 0.1) is 6.61 Å². The van der Waals surface area contributed by atoms with Crippen molar-refractivity contribution in [3.8, 4) is 0 Å². The van der Waals surface area contributed by atoms with E-state index in [-0.39, 0.29) is 0 Å². The summed E-state index contributed by atoms with van der Waals surface area (Å²) in [4.78, 5) is 0. The number of anilines is 1. The van der Waals surface area contributed by atoms with Crippen molar-refractivity contribution in [1.82, 2.24) is 0 Å². The monoisotopic (exact) mass is 277 g/mol. The molecule has 0 radical (unpaired) electrons. The topological polar surface area (TPSA) is 21.3 Å². The Kier molecular flexibility index (Phi) is 5.07.